The Morgan fingerprint density at radius 2 is 2.20 bits per heavy atom. The van der Waals surface area contributed by atoms with Crippen molar-refractivity contribution in [1.29, 1.82) is 0 Å². The van der Waals surface area contributed by atoms with Crippen LogP contribution in [0.5, 0.6) is 0 Å². The number of methoxy groups -OCH3 is 1. The Bertz CT molecular complexity index is 450. The van der Waals surface area contributed by atoms with Gasteiger partial charge in [0.2, 0.25) is 0 Å². The lowest BCUT2D eigenvalue weighted by Gasteiger charge is -2.27. The van der Waals surface area contributed by atoms with E-state index < -0.39 is 0 Å². The van der Waals surface area contributed by atoms with Gasteiger partial charge in [-0.15, -0.1) is 0 Å². The van der Waals surface area contributed by atoms with E-state index in [4.69, 9.17) is 4.74 Å². The average Bonchev–Trinajstić information content (AvgIpc) is 3.08. The Morgan fingerprint density at radius 1 is 1.50 bits per heavy atom. The van der Waals surface area contributed by atoms with E-state index in [9.17, 15) is 4.79 Å². The van der Waals surface area contributed by atoms with Crippen LogP contribution in [0.25, 0.3) is 0 Å². The van der Waals surface area contributed by atoms with Gasteiger partial charge < -0.3 is 4.74 Å². The number of rotatable bonds is 6. The number of aryl methyl sites for hydroxylation is 2. The van der Waals surface area contributed by atoms with Crippen molar-refractivity contribution in [2.45, 2.75) is 51.6 Å². The van der Waals surface area contributed by atoms with Crippen LogP contribution in [0.2, 0.25) is 0 Å². The lowest BCUT2D eigenvalue weighted by Crippen LogP contribution is -2.38. The molecule has 0 aliphatic heterocycles. The minimum atomic E-state index is -0.158. The van der Waals surface area contributed by atoms with E-state index in [2.05, 4.69) is 23.0 Å². The van der Waals surface area contributed by atoms with Crippen LogP contribution in [-0.4, -0.2) is 40.3 Å². The van der Waals surface area contributed by atoms with Gasteiger partial charge in [-0.1, -0.05) is 19.8 Å². The van der Waals surface area contributed by atoms with Crippen LogP contribution in [0.1, 0.15) is 44.0 Å². The number of hydrogen-bond acceptors (Lipinski definition) is 4. The van der Waals surface area contributed by atoms with Crippen LogP contribution in [-0.2, 0) is 29.5 Å². The lowest BCUT2D eigenvalue weighted by molar-refractivity contribution is -0.142. The Balaban J connectivity index is 2.09. The van der Waals surface area contributed by atoms with E-state index >= 15 is 0 Å². The highest BCUT2D eigenvalue weighted by molar-refractivity contribution is 5.71. The Hall–Kier alpha value is -1.36. The summed E-state index contributed by atoms with van der Waals surface area (Å²) in [5.41, 5.74) is 2.27. The molecule has 1 saturated carbocycles. The molecule has 5 nitrogen and oxygen atoms in total. The third kappa shape index (κ3) is 3.60. The largest absolute Gasteiger partial charge is 0.468 e. The molecule has 2 rings (SSSR count). The summed E-state index contributed by atoms with van der Waals surface area (Å²) in [6.07, 6.45) is 5.81. The molecule has 5 heteroatoms. The monoisotopic (exact) mass is 279 g/mol. The van der Waals surface area contributed by atoms with Gasteiger partial charge in [0, 0.05) is 19.6 Å². The maximum atomic E-state index is 11.6. The molecule has 1 fully saturated rings. The second kappa shape index (κ2) is 6.88. The molecule has 0 atom stereocenters. The number of hydrogen-bond donors (Lipinski definition) is 0. The summed E-state index contributed by atoms with van der Waals surface area (Å²) in [6, 6.07) is 2.63. The Kier molecular flexibility index (Phi) is 5.17. The molecule has 1 aromatic heterocycles. The van der Waals surface area contributed by atoms with Gasteiger partial charge >= 0.3 is 5.97 Å². The fraction of sp³-hybridized carbons (Fsp3) is 0.733. The normalized spacial score (nSPS) is 16.0. The maximum Gasteiger partial charge on any atom is 0.319 e. The first kappa shape index (κ1) is 15.0. The summed E-state index contributed by atoms with van der Waals surface area (Å²) in [5.74, 6) is -0.158. The average molecular weight is 279 g/mol. The summed E-state index contributed by atoms with van der Waals surface area (Å²) >= 11 is 0. The number of carbonyl (C=O) groups is 1. The lowest BCUT2D eigenvalue weighted by atomic mass is 10.2. The first-order chi connectivity index (χ1) is 9.63. The molecule has 1 aliphatic rings. The van der Waals surface area contributed by atoms with Gasteiger partial charge in [-0.3, -0.25) is 14.4 Å². The van der Waals surface area contributed by atoms with Crippen molar-refractivity contribution < 1.29 is 9.53 Å². The van der Waals surface area contributed by atoms with Gasteiger partial charge in [0.1, 0.15) is 0 Å². The second-order valence-corrected chi connectivity index (χ2v) is 5.52. The zero-order chi connectivity index (χ0) is 14.5. The SMILES string of the molecule is CCc1cc(CN(CC(=O)OC)C2CCCC2)n(C)n1. The molecule has 20 heavy (non-hydrogen) atoms. The molecule has 0 saturated heterocycles. The van der Waals surface area contributed by atoms with Gasteiger partial charge in [-0.2, -0.15) is 5.10 Å². The van der Waals surface area contributed by atoms with Crippen molar-refractivity contribution in [1.82, 2.24) is 14.7 Å². The third-order valence-corrected chi connectivity index (χ3v) is 4.16. The van der Waals surface area contributed by atoms with E-state index in [1.54, 1.807) is 0 Å². The van der Waals surface area contributed by atoms with E-state index in [0.717, 1.165) is 24.4 Å². The number of ether oxygens (including phenoxy) is 1. The molecule has 112 valence electrons. The van der Waals surface area contributed by atoms with Crippen molar-refractivity contribution in [3.8, 4) is 0 Å². The molecule has 1 heterocycles. The van der Waals surface area contributed by atoms with Crippen molar-refractivity contribution >= 4 is 5.97 Å². The van der Waals surface area contributed by atoms with Crippen molar-refractivity contribution in [3.63, 3.8) is 0 Å². The van der Waals surface area contributed by atoms with Crippen LogP contribution in [0.4, 0.5) is 0 Å². The zero-order valence-electron chi connectivity index (χ0n) is 12.8. The fourth-order valence-electron chi connectivity index (χ4n) is 2.91. The third-order valence-electron chi connectivity index (χ3n) is 4.16. The van der Waals surface area contributed by atoms with Crippen LogP contribution in [0.15, 0.2) is 6.07 Å². The topological polar surface area (TPSA) is 47.4 Å². The first-order valence-corrected chi connectivity index (χ1v) is 7.46. The minimum absolute atomic E-state index is 0.158. The zero-order valence-corrected chi connectivity index (χ0v) is 12.8. The maximum absolute atomic E-state index is 11.6. The van der Waals surface area contributed by atoms with Crippen molar-refractivity contribution in [3.05, 3.63) is 17.5 Å². The predicted molar refractivity (Wildman–Crippen MR) is 77.3 cm³/mol. The van der Waals surface area contributed by atoms with Gasteiger partial charge in [0.05, 0.1) is 25.0 Å². The molecule has 1 aliphatic carbocycles. The van der Waals surface area contributed by atoms with E-state index in [-0.39, 0.29) is 5.97 Å². The number of esters is 1. The van der Waals surface area contributed by atoms with Gasteiger partial charge in [-0.25, -0.2) is 0 Å². The van der Waals surface area contributed by atoms with Gasteiger partial charge in [-0.05, 0) is 25.3 Å². The molecule has 0 amide bonds. The van der Waals surface area contributed by atoms with Crippen LogP contribution in [0, 0.1) is 0 Å². The molecule has 0 aromatic carbocycles. The van der Waals surface area contributed by atoms with Crippen LogP contribution >= 0.6 is 0 Å². The van der Waals surface area contributed by atoms with Gasteiger partial charge in [0.15, 0.2) is 0 Å². The predicted octanol–water partition coefficient (Wildman–Crippen LogP) is 1.90. The van der Waals surface area contributed by atoms with E-state index in [0.29, 0.717) is 12.6 Å². The molecule has 0 radical (unpaired) electrons. The number of nitrogens with zero attached hydrogens (tertiary/aromatic N) is 3. The quantitative estimate of drug-likeness (QED) is 0.746. The summed E-state index contributed by atoms with van der Waals surface area (Å²) in [7, 11) is 3.42. The molecular weight excluding hydrogens is 254 g/mol. The fourth-order valence-corrected chi connectivity index (χ4v) is 2.91. The standard InChI is InChI=1S/C15H25N3O2/c1-4-12-9-14(17(2)16-12)10-18(11-15(19)20-3)13-7-5-6-8-13/h9,13H,4-8,10-11H2,1-3H3. The summed E-state index contributed by atoms with van der Waals surface area (Å²) < 4.78 is 6.76. The minimum Gasteiger partial charge on any atom is -0.468 e. The summed E-state index contributed by atoms with van der Waals surface area (Å²) in [4.78, 5) is 13.9. The second-order valence-electron chi connectivity index (χ2n) is 5.52. The molecular formula is C15H25N3O2. The number of aromatic nitrogens is 2. The molecule has 0 spiro atoms. The Morgan fingerprint density at radius 3 is 2.75 bits per heavy atom. The van der Waals surface area contributed by atoms with E-state index in [1.807, 2.05) is 11.7 Å². The summed E-state index contributed by atoms with van der Waals surface area (Å²) in [5, 5.41) is 4.48. The van der Waals surface area contributed by atoms with E-state index in [1.165, 1.54) is 32.8 Å². The Labute approximate surface area is 120 Å². The van der Waals surface area contributed by atoms with Crippen LogP contribution in [0.3, 0.4) is 0 Å². The molecule has 0 bridgehead atoms. The summed E-state index contributed by atoms with van der Waals surface area (Å²) in [6.45, 7) is 3.24. The highest BCUT2D eigenvalue weighted by atomic mass is 16.5. The van der Waals surface area contributed by atoms with Crippen molar-refractivity contribution in [2.24, 2.45) is 7.05 Å². The van der Waals surface area contributed by atoms with Crippen molar-refractivity contribution in [2.75, 3.05) is 13.7 Å². The highest BCUT2D eigenvalue weighted by Crippen LogP contribution is 2.25. The smallest absolute Gasteiger partial charge is 0.319 e. The van der Waals surface area contributed by atoms with Gasteiger partial charge in [0.25, 0.3) is 0 Å². The molecule has 0 N–H and O–H groups in total. The number of carbonyl (C=O) groups excluding carboxylic acids is 1. The first-order valence-electron chi connectivity index (χ1n) is 7.46. The highest BCUT2D eigenvalue weighted by Gasteiger charge is 2.25. The molecule has 0 unspecified atom stereocenters. The van der Waals surface area contributed by atoms with Crippen LogP contribution < -0.4 is 0 Å². The molecule has 1 aromatic rings.